The summed E-state index contributed by atoms with van der Waals surface area (Å²) in [5.41, 5.74) is 0. The molecule has 1 aliphatic carbocycles. The maximum Gasteiger partial charge on any atom is 0.417 e. The highest BCUT2D eigenvalue weighted by atomic mass is 16.6. The molecule has 0 aromatic heterocycles. The van der Waals surface area contributed by atoms with Crippen LogP contribution in [0.4, 0.5) is 4.79 Å². The highest BCUT2D eigenvalue weighted by Gasteiger charge is 2.44. The van der Waals surface area contributed by atoms with Crippen LogP contribution in [0.25, 0.3) is 0 Å². The number of amides is 3. The van der Waals surface area contributed by atoms with E-state index >= 15 is 0 Å². The summed E-state index contributed by atoms with van der Waals surface area (Å²) >= 11 is 0. The fourth-order valence-electron chi connectivity index (χ4n) is 3.31. The van der Waals surface area contributed by atoms with E-state index in [1.54, 1.807) is 4.90 Å². The van der Waals surface area contributed by atoms with Crippen LogP contribution >= 0.6 is 0 Å². The molecule has 1 saturated carbocycles. The molecule has 0 bridgehead atoms. The molecule has 0 aromatic rings. The molecule has 3 aliphatic rings. The van der Waals surface area contributed by atoms with Gasteiger partial charge in [0.25, 0.3) is 5.91 Å². The molecule has 0 unspecified atom stereocenters. The summed E-state index contributed by atoms with van der Waals surface area (Å²) in [5, 5.41) is 0. The number of cyclic esters (lactones) is 1. The van der Waals surface area contributed by atoms with Crippen molar-refractivity contribution in [2.24, 2.45) is 5.92 Å². The lowest BCUT2D eigenvalue weighted by Crippen LogP contribution is -2.62. The summed E-state index contributed by atoms with van der Waals surface area (Å²) in [6.45, 7) is 0.768. The lowest BCUT2D eigenvalue weighted by atomic mass is 9.86. The zero-order chi connectivity index (χ0) is 14.1. The Morgan fingerprint density at radius 3 is 2.45 bits per heavy atom. The summed E-state index contributed by atoms with van der Waals surface area (Å²) in [4.78, 5) is 37.9. The fourth-order valence-corrected chi connectivity index (χ4v) is 3.31. The van der Waals surface area contributed by atoms with E-state index < -0.39 is 6.09 Å². The number of carbonyl (C=O) groups excluding carboxylic acids is 3. The number of imide groups is 1. The van der Waals surface area contributed by atoms with Gasteiger partial charge in [-0.2, -0.15) is 0 Å². The van der Waals surface area contributed by atoms with E-state index in [1.165, 1.54) is 19.3 Å². The van der Waals surface area contributed by atoms with E-state index in [-0.39, 0.29) is 24.5 Å². The van der Waals surface area contributed by atoms with Gasteiger partial charge in [-0.1, -0.05) is 19.3 Å². The van der Waals surface area contributed by atoms with Crippen LogP contribution in [0.2, 0.25) is 0 Å². The van der Waals surface area contributed by atoms with E-state index in [4.69, 9.17) is 0 Å². The van der Waals surface area contributed by atoms with Crippen molar-refractivity contribution in [3.8, 4) is 0 Å². The maximum atomic E-state index is 12.1. The number of hydrogen-bond acceptors (Lipinski definition) is 4. The molecule has 2 aliphatic heterocycles. The number of likely N-dealkylation sites (tertiary alicyclic amines) is 1. The molecule has 6 heteroatoms. The second-order valence-corrected chi connectivity index (χ2v) is 5.98. The van der Waals surface area contributed by atoms with Crippen molar-refractivity contribution in [1.29, 1.82) is 0 Å². The third-order valence-electron chi connectivity index (χ3n) is 4.55. The van der Waals surface area contributed by atoms with E-state index in [0.29, 0.717) is 25.4 Å². The summed E-state index contributed by atoms with van der Waals surface area (Å²) in [7, 11) is 0. The minimum atomic E-state index is -0.570. The van der Waals surface area contributed by atoms with Gasteiger partial charge in [0.2, 0.25) is 5.91 Å². The summed E-state index contributed by atoms with van der Waals surface area (Å²) < 4.78 is 4.69. The smallest absolute Gasteiger partial charge is 0.417 e. The standard InChI is InChI=1S/C14H20N2O4/c17-12(6-10-4-2-1-3-5-10)15-7-11(8-15)16-13(18)9-20-14(16)19/h10-11H,1-9H2. The zero-order valence-corrected chi connectivity index (χ0v) is 11.5. The Morgan fingerprint density at radius 1 is 1.15 bits per heavy atom. The molecule has 0 N–H and O–H groups in total. The highest BCUT2D eigenvalue weighted by molar-refractivity contribution is 5.98. The normalized spacial score (nSPS) is 24.8. The van der Waals surface area contributed by atoms with Gasteiger partial charge >= 0.3 is 6.09 Å². The molecular weight excluding hydrogens is 260 g/mol. The maximum absolute atomic E-state index is 12.1. The van der Waals surface area contributed by atoms with Gasteiger partial charge in [0.15, 0.2) is 6.61 Å². The molecule has 0 atom stereocenters. The molecule has 0 radical (unpaired) electrons. The Balaban J connectivity index is 1.46. The van der Waals surface area contributed by atoms with Gasteiger partial charge in [-0.05, 0) is 18.8 Å². The molecule has 0 spiro atoms. The minimum Gasteiger partial charge on any atom is -0.439 e. The van der Waals surface area contributed by atoms with Crippen LogP contribution < -0.4 is 0 Å². The summed E-state index contributed by atoms with van der Waals surface area (Å²) in [6, 6.07) is -0.187. The van der Waals surface area contributed by atoms with E-state index in [0.717, 1.165) is 17.7 Å². The lowest BCUT2D eigenvalue weighted by molar-refractivity contribution is -0.143. The molecule has 3 rings (SSSR count). The Hall–Kier alpha value is -1.59. The lowest BCUT2D eigenvalue weighted by Gasteiger charge is -2.42. The average Bonchev–Trinajstić information content (AvgIpc) is 2.70. The van der Waals surface area contributed by atoms with Gasteiger partial charge < -0.3 is 9.64 Å². The van der Waals surface area contributed by atoms with Gasteiger partial charge in [-0.25, -0.2) is 9.69 Å². The van der Waals surface area contributed by atoms with Crippen molar-refractivity contribution in [1.82, 2.24) is 9.80 Å². The van der Waals surface area contributed by atoms with Crippen LogP contribution in [0.3, 0.4) is 0 Å². The third-order valence-corrected chi connectivity index (χ3v) is 4.55. The Kier molecular flexibility index (Phi) is 3.63. The second kappa shape index (κ2) is 5.42. The van der Waals surface area contributed by atoms with Gasteiger partial charge in [-0.15, -0.1) is 0 Å². The molecule has 110 valence electrons. The molecule has 3 fully saturated rings. The largest absolute Gasteiger partial charge is 0.439 e. The Labute approximate surface area is 118 Å². The van der Waals surface area contributed by atoms with Crippen LogP contribution in [0.15, 0.2) is 0 Å². The monoisotopic (exact) mass is 280 g/mol. The van der Waals surface area contributed by atoms with Gasteiger partial charge in [-0.3, -0.25) is 9.59 Å². The average molecular weight is 280 g/mol. The summed E-state index contributed by atoms with van der Waals surface area (Å²) in [5.74, 6) is 0.390. The number of ether oxygens (including phenoxy) is 1. The van der Waals surface area contributed by atoms with Crippen molar-refractivity contribution in [2.45, 2.75) is 44.6 Å². The molecule has 2 saturated heterocycles. The molecule has 3 amide bonds. The van der Waals surface area contributed by atoms with Gasteiger partial charge in [0.1, 0.15) is 0 Å². The molecular formula is C14H20N2O4. The molecule has 20 heavy (non-hydrogen) atoms. The SMILES string of the molecule is O=C(CC1CCCCC1)N1CC(N2C(=O)COC2=O)C1. The summed E-state index contributed by atoms with van der Waals surface area (Å²) in [6.07, 6.45) is 6.10. The van der Waals surface area contributed by atoms with Crippen molar-refractivity contribution < 1.29 is 19.1 Å². The first kappa shape index (κ1) is 13.4. The fraction of sp³-hybridized carbons (Fsp3) is 0.786. The van der Waals surface area contributed by atoms with Crippen LogP contribution in [0.5, 0.6) is 0 Å². The Morgan fingerprint density at radius 2 is 1.85 bits per heavy atom. The number of nitrogens with zero attached hydrogens (tertiary/aromatic N) is 2. The first-order valence-electron chi connectivity index (χ1n) is 7.41. The number of hydrogen-bond donors (Lipinski definition) is 0. The van der Waals surface area contributed by atoms with Gasteiger partial charge in [0.05, 0.1) is 6.04 Å². The van der Waals surface area contributed by atoms with Crippen molar-refractivity contribution in [2.75, 3.05) is 19.7 Å². The van der Waals surface area contributed by atoms with Crippen LogP contribution in [0.1, 0.15) is 38.5 Å². The van der Waals surface area contributed by atoms with Crippen LogP contribution in [-0.2, 0) is 14.3 Å². The number of carbonyl (C=O) groups is 3. The Bertz CT molecular complexity index is 409. The topological polar surface area (TPSA) is 66.9 Å². The quantitative estimate of drug-likeness (QED) is 0.777. The minimum absolute atomic E-state index is 0.160. The first-order chi connectivity index (χ1) is 9.65. The number of rotatable bonds is 3. The van der Waals surface area contributed by atoms with Crippen molar-refractivity contribution >= 4 is 17.9 Å². The zero-order valence-electron chi connectivity index (χ0n) is 11.5. The van der Waals surface area contributed by atoms with Gasteiger partial charge in [0, 0.05) is 19.5 Å². The van der Waals surface area contributed by atoms with Crippen LogP contribution in [0, 0.1) is 5.92 Å². The van der Waals surface area contributed by atoms with Crippen molar-refractivity contribution in [3.63, 3.8) is 0 Å². The molecule has 6 nitrogen and oxygen atoms in total. The van der Waals surface area contributed by atoms with E-state index in [2.05, 4.69) is 4.74 Å². The second-order valence-electron chi connectivity index (χ2n) is 5.98. The van der Waals surface area contributed by atoms with Crippen LogP contribution in [-0.4, -0.2) is 53.4 Å². The predicted molar refractivity (Wildman–Crippen MR) is 69.8 cm³/mol. The van der Waals surface area contributed by atoms with Crippen molar-refractivity contribution in [3.05, 3.63) is 0 Å². The first-order valence-corrected chi connectivity index (χ1v) is 7.41. The molecule has 2 heterocycles. The van der Waals surface area contributed by atoms with E-state index in [9.17, 15) is 14.4 Å². The third kappa shape index (κ3) is 2.51. The molecule has 0 aromatic carbocycles. The highest BCUT2D eigenvalue weighted by Crippen LogP contribution is 2.28. The van der Waals surface area contributed by atoms with E-state index in [1.807, 2.05) is 0 Å². The predicted octanol–water partition coefficient (Wildman–Crippen LogP) is 1.15.